The molecule has 1 aromatic carbocycles. The maximum Gasteiger partial charge on any atom is 0.0980 e. The quantitative estimate of drug-likeness (QED) is 0.892. The van der Waals surface area contributed by atoms with E-state index in [-0.39, 0.29) is 6.10 Å². The van der Waals surface area contributed by atoms with Crippen LogP contribution in [0.25, 0.3) is 0 Å². The summed E-state index contributed by atoms with van der Waals surface area (Å²) in [7, 11) is 2.05. The summed E-state index contributed by atoms with van der Waals surface area (Å²) < 4.78 is 6.06. The number of ether oxygens (including phenoxy) is 1. The van der Waals surface area contributed by atoms with E-state index in [1.54, 1.807) is 0 Å². The van der Waals surface area contributed by atoms with Crippen molar-refractivity contribution in [2.45, 2.75) is 52.2 Å². The highest BCUT2D eigenvalue weighted by atomic mass is 16.5. The highest BCUT2D eigenvalue weighted by molar-refractivity contribution is 5.31. The SMILES string of the molecule is CNC(CCC(C)(C)C)C1OCCc2ccccc21. The molecule has 1 aromatic rings. The van der Waals surface area contributed by atoms with Crippen LogP contribution in [-0.4, -0.2) is 19.7 Å². The lowest BCUT2D eigenvalue weighted by Crippen LogP contribution is -2.37. The highest BCUT2D eigenvalue weighted by Gasteiger charge is 2.28. The summed E-state index contributed by atoms with van der Waals surface area (Å²) >= 11 is 0. The van der Waals surface area contributed by atoms with Gasteiger partial charge in [-0.15, -0.1) is 0 Å². The van der Waals surface area contributed by atoms with E-state index in [0.29, 0.717) is 11.5 Å². The second-order valence-corrected chi connectivity index (χ2v) is 6.73. The first-order valence-electron chi connectivity index (χ1n) is 7.38. The Morgan fingerprint density at radius 3 is 2.74 bits per heavy atom. The van der Waals surface area contributed by atoms with Crippen molar-refractivity contribution in [3.05, 3.63) is 35.4 Å². The number of likely N-dealkylation sites (N-methyl/N-ethyl adjacent to an activating group) is 1. The molecule has 2 unspecified atom stereocenters. The van der Waals surface area contributed by atoms with Gasteiger partial charge in [-0.05, 0) is 42.9 Å². The largest absolute Gasteiger partial charge is 0.372 e. The topological polar surface area (TPSA) is 21.3 Å². The molecule has 0 saturated heterocycles. The van der Waals surface area contributed by atoms with E-state index in [0.717, 1.165) is 19.4 Å². The summed E-state index contributed by atoms with van der Waals surface area (Å²) in [5, 5.41) is 3.46. The Balaban J connectivity index is 2.11. The molecule has 2 atom stereocenters. The van der Waals surface area contributed by atoms with Crippen LogP contribution in [0.3, 0.4) is 0 Å². The predicted molar refractivity (Wildman–Crippen MR) is 80.4 cm³/mol. The van der Waals surface area contributed by atoms with Gasteiger partial charge in [0, 0.05) is 6.04 Å². The molecule has 1 heterocycles. The first-order chi connectivity index (χ1) is 9.01. The fraction of sp³-hybridized carbons (Fsp3) is 0.647. The van der Waals surface area contributed by atoms with E-state index in [1.807, 2.05) is 7.05 Å². The predicted octanol–water partition coefficient (Wildman–Crippen LogP) is 3.71. The lowest BCUT2D eigenvalue weighted by molar-refractivity contribution is 0.0127. The molecule has 1 aliphatic rings. The van der Waals surface area contributed by atoms with Crippen molar-refractivity contribution >= 4 is 0 Å². The van der Waals surface area contributed by atoms with Crippen LogP contribution in [0.15, 0.2) is 24.3 Å². The molecule has 0 fully saturated rings. The van der Waals surface area contributed by atoms with Crippen molar-refractivity contribution < 1.29 is 4.74 Å². The Labute approximate surface area is 117 Å². The van der Waals surface area contributed by atoms with Crippen LogP contribution < -0.4 is 5.32 Å². The number of hydrogen-bond donors (Lipinski definition) is 1. The molecule has 0 aliphatic carbocycles. The summed E-state index contributed by atoms with van der Waals surface area (Å²) in [6.45, 7) is 7.75. The molecule has 2 heteroatoms. The van der Waals surface area contributed by atoms with Gasteiger partial charge < -0.3 is 10.1 Å². The first kappa shape index (κ1) is 14.5. The van der Waals surface area contributed by atoms with Crippen LogP contribution >= 0.6 is 0 Å². The molecule has 0 radical (unpaired) electrons. The van der Waals surface area contributed by atoms with E-state index in [4.69, 9.17) is 4.74 Å². The third kappa shape index (κ3) is 3.80. The van der Waals surface area contributed by atoms with Crippen molar-refractivity contribution in [1.29, 1.82) is 0 Å². The van der Waals surface area contributed by atoms with Crippen molar-refractivity contribution in [2.24, 2.45) is 5.41 Å². The standard InChI is InChI=1S/C17H27NO/c1-17(2,3)11-9-15(18-4)16-14-8-6-5-7-13(14)10-12-19-16/h5-8,15-16,18H,9-12H2,1-4H3. The van der Waals surface area contributed by atoms with Crippen LogP contribution in [-0.2, 0) is 11.2 Å². The number of rotatable bonds is 4. The normalized spacial score (nSPS) is 20.9. The van der Waals surface area contributed by atoms with E-state index in [1.165, 1.54) is 17.5 Å². The zero-order chi connectivity index (χ0) is 13.9. The van der Waals surface area contributed by atoms with Gasteiger partial charge in [0.25, 0.3) is 0 Å². The Kier molecular flexibility index (Phi) is 4.64. The molecule has 19 heavy (non-hydrogen) atoms. The summed E-state index contributed by atoms with van der Waals surface area (Å²) in [6, 6.07) is 9.12. The smallest absolute Gasteiger partial charge is 0.0980 e. The number of nitrogens with one attached hydrogen (secondary N) is 1. The average molecular weight is 261 g/mol. The van der Waals surface area contributed by atoms with E-state index < -0.39 is 0 Å². The zero-order valence-corrected chi connectivity index (χ0v) is 12.7. The van der Waals surface area contributed by atoms with Crippen LogP contribution in [0.2, 0.25) is 0 Å². The maximum absolute atomic E-state index is 6.06. The van der Waals surface area contributed by atoms with E-state index >= 15 is 0 Å². The minimum atomic E-state index is 0.206. The minimum Gasteiger partial charge on any atom is -0.372 e. The van der Waals surface area contributed by atoms with Crippen LogP contribution in [0.4, 0.5) is 0 Å². The monoisotopic (exact) mass is 261 g/mol. The molecular weight excluding hydrogens is 234 g/mol. The minimum absolute atomic E-state index is 0.206. The lowest BCUT2D eigenvalue weighted by atomic mass is 9.85. The maximum atomic E-state index is 6.06. The fourth-order valence-electron chi connectivity index (χ4n) is 2.79. The van der Waals surface area contributed by atoms with Crippen molar-refractivity contribution in [3.8, 4) is 0 Å². The number of hydrogen-bond acceptors (Lipinski definition) is 2. The van der Waals surface area contributed by atoms with Crippen molar-refractivity contribution in [2.75, 3.05) is 13.7 Å². The van der Waals surface area contributed by atoms with Gasteiger partial charge in [-0.2, -0.15) is 0 Å². The molecule has 0 saturated carbocycles. The zero-order valence-electron chi connectivity index (χ0n) is 12.7. The van der Waals surface area contributed by atoms with Gasteiger partial charge in [0.15, 0.2) is 0 Å². The molecule has 0 amide bonds. The van der Waals surface area contributed by atoms with E-state index in [2.05, 4.69) is 50.4 Å². The summed E-state index contributed by atoms with van der Waals surface area (Å²) in [5.74, 6) is 0. The molecule has 106 valence electrons. The van der Waals surface area contributed by atoms with E-state index in [9.17, 15) is 0 Å². The molecule has 2 rings (SSSR count). The fourth-order valence-corrected chi connectivity index (χ4v) is 2.79. The van der Waals surface area contributed by atoms with Gasteiger partial charge >= 0.3 is 0 Å². The van der Waals surface area contributed by atoms with Crippen molar-refractivity contribution in [3.63, 3.8) is 0 Å². The molecule has 0 bridgehead atoms. The summed E-state index contributed by atoms with van der Waals surface area (Å²) in [6.07, 6.45) is 3.61. The lowest BCUT2D eigenvalue weighted by Gasteiger charge is -2.33. The Bertz CT molecular complexity index is 408. The summed E-state index contributed by atoms with van der Waals surface area (Å²) in [5.41, 5.74) is 3.21. The molecule has 0 aromatic heterocycles. The second-order valence-electron chi connectivity index (χ2n) is 6.73. The van der Waals surface area contributed by atoms with Gasteiger partial charge in [-0.3, -0.25) is 0 Å². The highest BCUT2D eigenvalue weighted by Crippen LogP contribution is 2.33. The number of benzene rings is 1. The first-order valence-corrected chi connectivity index (χ1v) is 7.38. The average Bonchev–Trinajstić information content (AvgIpc) is 2.38. The van der Waals surface area contributed by atoms with Gasteiger partial charge in [0.05, 0.1) is 12.7 Å². The van der Waals surface area contributed by atoms with Gasteiger partial charge in [-0.25, -0.2) is 0 Å². The van der Waals surface area contributed by atoms with Gasteiger partial charge in [-0.1, -0.05) is 45.0 Å². The van der Waals surface area contributed by atoms with Gasteiger partial charge in [0.1, 0.15) is 0 Å². The second kappa shape index (κ2) is 6.06. The third-order valence-corrected chi connectivity index (χ3v) is 3.97. The van der Waals surface area contributed by atoms with Crippen LogP contribution in [0.1, 0.15) is 50.8 Å². The Morgan fingerprint density at radius 2 is 2.05 bits per heavy atom. The molecular formula is C17H27NO. The Morgan fingerprint density at radius 1 is 1.32 bits per heavy atom. The van der Waals surface area contributed by atoms with Crippen molar-refractivity contribution in [1.82, 2.24) is 5.32 Å². The van der Waals surface area contributed by atoms with Gasteiger partial charge in [0.2, 0.25) is 0 Å². The Hall–Kier alpha value is -0.860. The molecule has 1 aliphatic heterocycles. The molecule has 1 N–H and O–H groups in total. The molecule has 2 nitrogen and oxygen atoms in total. The summed E-state index contributed by atoms with van der Waals surface area (Å²) in [4.78, 5) is 0. The third-order valence-electron chi connectivity index (χ3n) is 3.97. The number of fused-ring (bicyclic) bond motifs is 1. The van der Waals surface area contributed by atoms with Crippen LogP contribution in [0, 0.1) is 5.41 Å². The van der Waals surface area contributed by atoms with Crippen LogP contribution in [0.5, 0.6) is 0 Å². The molecule has 0 spiro atoms.